The average Bonchev–Trinajstić information content (AvgIpc) is 1.75. The van der Waals surface area contributed by atoms with Crippen molar-refractivity contribution in [1.82, 2.24) is 0 Å². The van der Waals surface area contributed by atoms with E-state index in [4.69, 9.17) is 5.53 Å². The molecule has 3 heteroatoms. The van der Waals surface area contributed by atoms with Crippen LogP contribution >= 0.6 is 0 Å². The van der Waals surface area contributed by atoms with E-state index in [1.807, 2.05) is 0 Å². The normalized spacial score (nSPS) is 27.8. The highest BCUT2D eigenvalue weighted by Gasteiger charge is 2.44. The van der Waals surface area contributed by atoms with Gasteiger partial charge in [0.1, 0.15) is 0 Å². The second-order valence-corrected chi connectivity index (χ2v) is 6.55. The molecule has 0 aliphatic heterocycles. The van der Waals surface area contributed by atoms with E-state index < -0.39 is 0 Å². The van der Waals surface area contributed by atoms with Crippen molar-refractivity contribution in [3.63, 3.8) is 0 Å². The van der Waals surface area contributed by atoms with Crippen LogP contribution < -0.4 is 0 Å². The van der Waals surface area contributed by atoms with Gasteiger partial charge in [0.2, 0.25) is 0 Å². The molecular weight excluding hydrogens is 174 g/mol. The lowest BCUT2D eigenvalue weighted by atomic mass is 9.59. The van der Waals surface area contributed by atoms with Gasteiger partial charge in [-0.25, -0.2) is 0 Å². The fourth-order valence-corrected chi connectivity index (χ4v) is 3.72. The minimum Gasteiger partial charge on any atom is -0.0875 e. The Labute approximate surface area is 86.5 Å². The lowest BCUT2D eigenvalue weighted by Crippen LogP contribution is -2.42. The standard InChI is InChI=1S/C11H21N3/c1-9(2)6-10(3,4)8-11(5,7-9)13-14-12/h6-8H2,1-5H3. The summed E-state index contributed by atoms with van der Waals surface area (Å²) in [5.41, 5.74) is 8.95. The van der Waals surface area contributed by atoms with Gasteiger partial charge in [-0.05, 0) is 35.6 Å². The highest BCUT2D eigenvalue weighted by Crippen LogP contribution is 2.51. The Morgan fingerprint density at radius 2 is 1.36 bits per heavy atom. The number of hydrogen-bond acceptors (Lipinski definition) is 1. The van der Waals surface area contributed by atoms with Gasteiger partial charge in [-0.1, -0.05) is 39.7 Å². The quantitative estimate of drug-likeness (QED) is 0.340. The van der Waals surface area contributed by atoms with Gasteiger partial charge in [-0.15, -0.1) is 0 Å². The first kappa shape index (κ1) is 11.4. The number of hydrogen-bond donors (Lipinski definition) is 0. The molecule has 0 bridgehead atoms. The second kappa shape index (κ2) is 3.16. The third-order valence-corrected chi connectivity index (χ3v) is 2.96. The summed E-state index contributed by atoms with van der Waals surface area (Å²) >= 11 is 0. The molecule has 0 atom stereocenters. The highest BCUT2D eigenvalue weighted by molar-refractivity contribution is 5.00. The first-order valence-electron chi connectivity index (χ1n) is 5.24. The van der Waals surface area contributed by atoms with Gasteiger partial charge in [0, 0.05) is 10.5 Å². The van der Waals surface area contributed by atoms with Crippen LogP contribution in [0.1, 0.15) is 53.9 Å². The van der Waals surface area contributed by atoms with Gasteiger partial charge in [-0.2, -0.15) is 0 Å². The minimum atomic E-state index is -0.194. The Morgan fingerprint density at radius 1 is 0.929 bits per heavy atom. The molecule has 0 radical (unpaired) electrons. The van der Waals surface area contributed by atoms with Crippen molar-refractivity contribution >= 4 is 0 Å². The summed E-state index contributed by atoms with van der Waals surface area (Å²) in [6.45, 7) is 11.1. The smallest absolute Gasteiger partial charge is 0.0470 e. The molecule has 1 aliphatic rings. The number of azide groups is 1. The van der Waals surface area contributed by atoms with Crippen LogP contribution in [0.15, 0.2) is 5.11 Å². The molecule has 0 N–H and O–H groups in total. The van der Waals surface area contributed by atoms with Crippen molar-refractivity contribution in [2.24, 2.45) is 15.9 Å². The largest absolute Gasteiger partial charge is 0.0875 e. The zero-order chi connectivity index (χ0) is 11.0. The van der Waals surface area contributed by atoms with Crippen molar-refractivity contribution in [2.75, 3.05) is 0 Å². The van der Waals surface area contributed by atoms with Gasteiger partial charge >= 0.3 is 0 Å². The van der Waals surface area contributed by atoms with Gasteiger partial charge in [0.25, 0.3) is 0 Å². The summed E-state index contributed by atoms with van der Waals surface area (Å²) in [6.07, 6.45) is 3.19. The Balaban J connectivity index is 2.97. The molecular formula is C11H21N3. The molecule has 0 saturated heterocycles. The molecule has 3 nitrogen and oxygen atoms in total. The highest BCUT2D eigenvalue weighted by atomic mass is 15.2. The molecule has 0 aromatic rings. The van der Waals surface area contributed by atoms with E-state index in [0.717, 1.165) is 12.8 Å². The summed E-state index contributed by atoms with van der Waals surface area (Å²) < 4.78 is 0. The first-order chi connectivity index (χ1) is 6.18. The SMILES string of the molecule is CC1(C)CC(C)(C)CC(C)(N=[N+]=[N-])C1. The van der Waals surface area contributed by atoms with Crippen LogP contribution in [0, 0.1) is 10.8 Å². The van der Waals surface area contributed by atoms with Crippen LogP contribution in [-0.2, 0) is 0 Å². The van der Waals surface area contributed by atoms with Crippen LogP contribution in [-0.4, -0.2) is 5.54 Å². The lowest BCUT2D eigenvalue weighted by molar-refractivity contribution is 0.0576. The maximum Gasteiger partial charge on any atom is 0.0470 e. The predicted octanol–water partition coefficient (Wildman–Crippen LogP) is 4.29. The van der Waals surface area contributed by atoms with Crippen molar-refractivity contribution in [3.05, 3.63) is 10.4 Å². The molecule has 1 fully saturated rings. The molecule has 0 unspecified atom stereocenters. The molecule has 0 heterocycles. The van der Waals surface area contributed by atoms with Gasteiger partial charge in [0.15, 0.2) is 0 Å². The zero-order valence-electron chi connectivity index (χ0n) is 9.96. The van der Waals surface area contributed by atoms with Gasteiger partial charge in [0.05, 0.1) is 0 Å². The molecule has 1 saturated carbocycles. The molecule has 0 spiro atoms. The van der Waals surface area contributed by atoms with Crippen LogP contribution in [0.25, 0.3) is 10.4 Å². The maximum absolute atomic E-state index is 8.58. The summed E-state index contributed by atoms with van der Waals surface area (Å²) in [7, 11) is 0. The fraction of sp³-hybridized carbons (Fsp3) is 1.00. The summed E-state index contributed by atoms with van der Waals surface area (Å²) in [5, 5.41) is 3.99. The van der Waals surface area contributed by atoms with Crippen molar-refractivity contribution in [3.8, 4) is 0 Å². The van der Waals surface area contributed by atoms with Gasteiger partial charge < -0.3 is 0 Å². The molecule has 0 aromatic heterocycles. The van der Waals surface area contributed by atoms with Crippen molar-refractivity contribution in [1.29, 1.82) is 0 Å². The van der Waals surface area contributed by atoms with E-state index in [1.54, 1.807) is 0 Å². The van der Waals surface area contributed by atoms with E-state index in [1.165, 1.54) is 6.42 Å². The molecule has 14 heavy (non-hydrogen) atoms. The van der Waals surface area contributed by atoms with E-state index in [-0.39, 0.29) is 16.4 Å². The average molecular weight is 195 g/mol. The Morgan fingerprint density at radius 3 is 1.71 bits per heavy atom. The third-order valence-electron chi connectivity index (χ3n) is 2.96. The van der Waals surface area contributed by atoms with Crippen LogP contribution in [0.2, 0.25) is 0 Å². The maximum atomic E-state index is 8.58. The zero-order valence-corrected chi connectivity index (χ0v) is 9.96. The molecule has 1 aliphatic carbocycles. The second-order valence-electron chi connectivity index (χ2n) is 6.55. The van der Waals surface area contributed by atoms with Crippen LogP contribution in [0.4, 0.5) is 0 Å². The monoisotopic (exact) mass is 195 g/mol. The summed E-state index contributed by atoms with van der Waals surface area (Å²) in [5.74, 6) is 0. The van der Waals surface area contributed by atoms with E-state index in [2.05, 4.69) is 44.6 Å². The molecule has 80 valence electrons. The molecule has 0 aromatic carbocycles. The van der Waals surface area contributed by atoms with E-state index >= 15 is 0 Å². The Bertz CT molecular complexity index is 256. The van der Waals surface area contributed by atoms with E-state index in [9.17, 15) is 0 Å². The molecule has 0 amide bonds. The number of nitrogens with zero attached hydrogens (tertiary/aromatic N) is 3. The van der Waals surface area contributed by atoms with E-state index in [0.29, 0.717) is 0 Å². The minimum absolute atomic E-state index is 0.194. The van der Waals surface area contributed by atoms with Crippen LogP contribution in [0.3, 0.4) is 0 Å². The van der Waals surface area contributed by atoms with Crippen LogP contribution in [0.5, 0.6) is 0 Å². The van der Waals surface area contributed by atoms with Crippen molar-refractivity contribution < 1.29 is 0 Å². The third kappa shape index (κ3) is 2.65. The van der Waals surface area contributed by atoms with Crippen molar-refractivity contribution in [2.45, 2.75) is 59.4 Å². The van der Waals surface area contributed by atoms with Gasteiger partial charge in [-0.3, -0.25) is 0 Å². The molecule has 1 rings (SSSR count). The number of rotatable bonds is 1. The Hall–Kier alpha value is -0.690. The topological polar surface area (TPSA) is 48.8 Å². The Kier molecular flexibility index (Phi) is 2.57. The fourth-order valence-electron chi connectivity index (χ4n) is 3.72. The predicted molar refractivity (Wildman–Crippen MR) is 59.0 cm³/mol. The lowest BCUT2D eigenvalue weighted by Gasteiger charge is -2.48. The summed E-state index contributed by atoms with van der Waals surface area (Å²) in [6, 6.07) is 0. The first-order valence-corrected chi connectivity index (χ1v) is 5.24. The summed E-state index contributed by atoms with van der Waals surface area (Å²) in [4.78, 5) is 2.99.